The van der Waals surface area contributed by atoms with Gasteiger partial charge in [0.15, 0.2) is 0 Å². The first-order valence-electron chi connectivity index (χ1n) is 10.7. The monoisotopic (exact) mass is 476 g/mol. The maximum absolute atomic E-state index is 13.2. The van der Waals surface area contributed by atoms with Crippen molar-refractivity contribution in [1.29, 1.82) is 0 Å². The molecule has 0 saturated carbocycles. The minimum Gasteiger partial charge on any atom is -0.405 e. The molecule has 6 nitrogen and oxygen atoms in total. The second-order valence-corrected chi connectivity index (χ2v) is 8.93. The van der Waals surface area contributed by atoms with Gasteiger partial charge in [-0.25, -0.2) is 4.79 Å². The highest BCUT2D eigenvalue weighted by Crippen LogP contribution is 2.43. The molecule has 0 spiro atoms. The molecule has 1 heterocycles. The molecule has 3 rings (SSSR count). The van der Waals surface area contributed by atoms with Crippen LogP contribution in [0.25, 0.3) is 16.7 Å². The Morgan fingerprint density at radius 1 is 1.21 bits per heavy atom. The second kappa shape index (κ2) is 9.13. The molecule has 1 aliphatic rings. The molecule has 0 aliphatic carbocycles. The predicted octanol–water partition coefficient (Wildman–Crippen LogP) is 5.32. The molecule has 0 bridgehead atoms. The number of alkyl halides is 3. The Morgan fingerprint density at radius 2 is 1.88 bits per heavy atom. The summed E-state index contributed by atoms with van der Waals surface area (Å²) in [6.07, 6.45) is -3.24. The van der Waals surface area contributed by atoms with Crippen molar-refractivity contribution in [2.24, 2.45) is 11.3 Å². The summed E-state index contributed by atoms with van der Waals surface area (Å²) in [6.45, 7) is 9.45. The molecule has 2 N–H and O–H groups in total. The van der Waals surface area contributed by atoms with Gasteiger partial charge in [-0.2, -0.15) is 5.90 Å². The molecule has 1 aliphatic heterocycles. The van der Waals surface area contributed by atoms with Crippen molar-refractivity contribution >= 4 is 23.1 Å². The van der Waals surface area contributed by atoms with Gasteiger partial charge in [0.25, 0.3) is 0 Å². The van der Waals surface area contributed by atoms with Crippen LogP contribution in [0.3, 0.4) is 0 Å². The number of carbonyl (C=O) groups excluding carboxylic acids is 2. The van der Waals surface area contributed by atoms with Crippen molar-refractivity contribution in [2.45, 2.75) is 47.4 Å². The molecule has 0 unspecified atom stereocenters. The summed E-state index contributed by atoms with van der Waals surface area (Å²) < 4.78 is 43.9. The fourth-order valence-corrected chi connectivity index (χ4v) is 4.27. The molecule has 0 atom stereocenters. The van der Waals surface area contributed by atoms with Gasteiger partial charge in [-0.3, -0.25) is 4.79 Å². The lowest BCUT2D eigenvalue weighted by Crippen LogP contribution is -2.46. The van der Waals surface area contributed by atoms with Gasteiger partial charge in [0.2, 0.25) is 5.91 Å². The zero-order valence-corrected chi connectivity index (χ0v) is 19.7. The van der Waals surface area contributed by atoms with E-state index in [4.69, 9.17) is 5.90 Å². The van der Waals surface area contributed by atoms with E-state index in [1.807, 2.05) is 26.8 Å². The number of benzene rings is 2. The molecular formula is C25H27F3N2O4. The quantitative estimate of drug-likeness (QED) is 0.467. The van der Waals surface area contributed by atoms with Gasteiger partial charge in [0, 0.05) is 29.3 Å². The fraction of sp³-hybridized carbons (Fsp3) is 0.360. The summed E-state index contributed by atoms with van der Waals surface area (Å²) in [6, 6.07) is 7.76. The molecule has 34 heavy (non-hydrogen) atoms. The maximum Gasteiger partial charge on any atom is 0.573 e. The number of nitrogens with two attached hydrogens (primary N) is 1. The van der Waals surface area contributed by atoms with E-state index in [0.717, 1.165) is 17.2 Å². The molecule has 9 heteroatoms. The average Bonchev–Trinajstić information content (AvgIpc) is 2.73. The lowest BCUT2D eigenvalue weighted by molar-refractivity contribution is -0.274. The van der Waals surface area contributed by atoms with E-state index in [-0.39, 0.29) is 17.2 Å². The van der Waals surface area contributed by atoms with Crippen LogP contribution in [0.4, 0.5) is 18.9 Å². The molecule has 2 aromatic rings. The van der Waals surface area contributed by atoms with Crippen molar-refractivity contribution in [2.75, 3.05) is 11.4 Å². The fourth-order valence-electron chi connectivity index (χ4n) is 4.27. The number of anilines is 1. The standard InChI is InChI=1S/C25H27F3N2O4/c1-6-30-20-12-18(15(3)9-17(20)13-24(4,5)23(30)32)19-11-16(14(2)10-22(31)34-29)7-8-21(19)33-25(26,27)28/h7-12H,6,13,29H2,1-5H3/b14-10+. The third kappa shape index (κ3) is 5.09. The Labute approximate surface area is 196 Å². The van der Waals surface area contributed by atoms with Crippen LogP contribution < -0.4 is 15.5 Å². The SMILES string of the molecule is CCN1C(=O)C(C)(C)Cc2cc(C)c(-c3cc(/C(C)=C/C(=O)ON)ccc3OC(F)(F)F)cc21. The third-order valence-corrected chi connectivity index (χ3v) is 5.89. The van der Waals surface area contributed by atoms with Crippen LogP contribution in [0.1, 0.15) is 44.4 Å². The summed E-state index contributed by atoms with van der Waals surface area (Å²) in [5.74, 6) is 3.66. The molecule has 182 valence electrons. The Balaban J connectivity index is 2.24. The molecule has 0 aromatic heterocycles. The summed E-state index contributed by atoms with van der Waals surface area (Å²) in [5.41, 5.74) is 3.35. The molecule has 0 saturated heterocycles. The van der Waals surface area contributed by atoms with Crippen molar-refractivity contribution in [3.8, 4) is 16.9 Å². The van der Waals surface area contributed by atoms with Gasteiger partial charge in [-0.1, -0.05) is 26.0 Å². The minimum atomic E-state index is -4.90. The molecular weight excluding hydrogens is 449 g/mol. The van der Waals surface area contributed by atoms with Gasteiger partial charge >= 0.3 is 12.3 Å². The highest BCUT2D eigenvalue weighted by Gasteiger charge is 2.39. The van der Waals surface area contributed by atoms with E-state index in [1.165, 1.54) is 18.2 Å². The Hall–Kier alpha value is -3.33. The summed E-state index contributed by atoms with van der Waals surface area (Å²) in [4.78, 5) is 30.3. The number of hydrogen-bond donors (Lipinski definition) is 1. The minimum absolute atomic E-state index is 0.0445. The lowest BCUT2D eigenvalue weighted by Gasteiger charge is -2.38. The number of amides is 1. The Morgan fingerprint density at radius 3 is 2.47 bits per heavy atom. The maximum atomic E-state index is 13.2. The van der Waals surface area contributed by atoms with Gasteiger partial charge in [0.1, 0.15) is 5.75 Å². The second-order valence-electron chi connectivity index (χ2n) is 8.93. The summed E-state index contributed by atoms with van der Waals surface area (Å²) in [5, 5.41) is 0. The van der Waals surface area contributed by atoms with Gasteiger partial charge in [-0.15, -0.1) is 13.2 Å². The zero-order chi connectivity index (χ0) is 25.4. The van der Waals surface area contributed by atoms with Crippen molar-refractivity contribution in [1.82, 2.24) is 0 Å². The van der Waals surface area contributed by atoms with Crippen LogP contribution in [0, 0.1) is 12.3 Å². The molecule has 0 fully saturated rings. The van der Waals surface area contributed by atoms with E-state index < -0.39 is 17.7 Å². The van der Waals surface area contributed by atoms with Gasteiger partial charge < -0.3 is 14.5 Å². The van der Waals surface area contributed by atoms with Gasteiger partial charge in [-0.05, 0) is 73.2 Å². The van der Waals surface area contributed by atoms with Crippen molar-refractivity contribution in [3.05, 3.63) is 53.1 Å². The van der Waals surface area contributed by atoms with E-state index >= 15 is 0 Å². The number of halogens is 3. The summed E-state index contributed by atoms with van der Waals surface area (Å²) >= 11 is 0. The van der Waals surface area contributed by atoms with Crippen LogP contribution >= 0.6 is 0 Å². The number of allylic oxidation sites excluding steroid dienone is 1. The number of rotatable bonds is 5. The van der Waals surface area contributed by atoms with Crippen LogP contribution in [-0.2, 0) is 20.8 Å². The van der Waals surface area contributed by atoms with Crippen LogP contribution in [0.2, 0.25) is 0 Å². The number of ether oxygens (including phenoxy) is 1. The first-order valence-corrected chi connectivity index (χ1v) is 10.7. The van der Waals surface area contributed by atoms with E-state index in [9.17, 15) is 22.8 Å². The Kier molecular flexibility index (Phi) is 6.80. The first kappa shape index (κ1) is 25.3. The van der Waals surface area contributed by atoms with E-state index in [2.05, 4.69) is 9.57 Å². The highest BCUT2D eigenvalue weighted by atomic mass is 19.4. The number of carbonyl (C=O) groups is 2. The smallest absolute Gasteiger partial charge is 0.405 e. The van der Waals surface area contributed by atoms with E-state index in [0.29, 0.717) is 35.4 Å². The zero-order valence-electron chi connectivity index (χ0n) is 19.7. The van der Waals surface area contributed by atoms with Crippen LogP contribution in [0.5, 0.6) is 5.75 Å². The Bertz CT molecular complexity index is 1170. The largest absolute Gasteiger partial charge is 0.573 e. The lowest BCUT2D eigenvalue weighted by atomic mass is 9.79. The molecule has 1 amide bonds. The van der Waals surface area contributed by atoms with Crippen LogP contribution in [0.15, 0.2) is 36.4 Å². The number of hydrogen-bond acceptors (Lipinski definition) is 5. The van der Waals surface area contributed by atoms with E-state index in [1.54, 1.807) is 24.8 Å². The van der Waals surface area contributed by atoms with Crippen molar-refractivity contribution in [3.63, 3.8) is 0 Å². The number of aryl methyl sites for hydroxylation is 1. The number of fused-ring (bicyclic) bond motifs is 1. The van der Waals surface area contributed by atoms with Crippen molar-refractivity contribution < 1.29 is 32.3 Å². The predicted molar refractivity (Wildman–Crippen MR) is 123 cm³/mol. The topological polar surface area (TPSA) is 81.9 Å². The third-order valence-electron chi connectivity index (χ3n) is 5.89. The van der Waals surface area contributed by atoms with Gasteiger partial charge in [0.05, 0.1) is 0 Å². The molecule has 2 aromatic carbocycles. The first-order chi connectivity index (χ1) is 15.8. The average molecular weight is 476 g/mol. The number of nitrogens with zero attached hydrogens (tertiary/aromatic N) is 1. The normalized spacial score (nSPS) is 15.7. The van der Waals surface area contributed by atoms with Crippen LogP contribution in [-0.4, -0.2) is 24.8 Å². The summed E-state index contributed by atoms with van der Waals surface area (Å²) in [7, 11) is 0. The highest BCUT2D eigenvalue weighted by molar-refractivity contribution is 6.01. The molecule has 0 radical (unpaired) electrons.